The normalized spacial score (nSPS) is 12.5. The Morgan fingerprint density at radius 2 is 1.84 bits per heavy atom. The van der Waals surface area contributed by atoms with Crippen molar-refractivity contribution < 1.29 is 0 Å². The molecule has 19 heavy (non-hydrogen) atoms. The molecule has 2 nitrogen and oxygen atoms in total. The van der Waals surface area contributed by atoms with E-state index < -0.39 is 0 Å². The van der Waals surface area contributed by atoms with E-state index in [0.717, 1.165) is 22.9 Å². The molecule has 0 aliphatic heterocycles. The first-order chi connectivity index (χ1) is 9.24. The van der Waals surface area contributed by atoms with E-state index in [0.29, 0.717) is 0 Å². The molecular weight excluding hydrogens is 234 g/mol. The van der Waals surface area contributed by atoms with E-state index in [1.54, 1.807) is 0 Å². The molecule has 0 atom stereocenters. The smallest absolute Gasteiger partial charge is 0.256 e. The minimum atomic E-state index is 0.0129. The second-order valence-corrected chi connectivity index (χ2v) is 5.19. The van der Waals surface area contributed by atoms with Crippen molar-refractivity contribution >= 4 is 10.8 Å². The van der Waals surface area contributed by atoms with E-state index in [9.17, 15) is 4.79 Å². The average molecular weight is 247 g/mol. The molecular formula is C17H13NO. The number of pyridine rings is 1. The standard InChI is InChI=1S/C17H13NO/c1-10-6-7-12-11(8-10)9-15-16(12)13-4-2-3-5-14(13)17(19)18-15/h2-8H,9H2,1H3,(H,18,19). The number of aryl methyl sites for hydroxylation is 1. The predicted octanol–water partition coefficient (Wildman–Crippen LogP) is 3.41. The van der Waals surface area contributed by atoms with Gasteiger partial charge in [0.15, 0.2) is 0 Å². The lowest BCUT2D eigenvalue weighted by molar-refractivity contribution is 1.10. The van der Waals surface area contributed by atoms with Gasteiger partial charge in [-0.05, 0) is 29.5 Å². The molecule has 4 rings (SSSR count). The fourth-order valence-corrected chi connectivity index (χ4v) is 3.07. The Balaban J connectivity index is 2.17. The van der Waals surface area contributed by atoms with Crippen molar-refractivity contribution in [1.29, 1.82) is 0 Å². The van der Waals surface area contributed by atoms with Crippen LogP contribution in [0.15, 0.2) is 47.3 Å². The highest BCUT2D eigenvalue weighted by Crippen LogP contribution is 2.39. The highest BCUT2D eigenvalue weighted by molar-refractivity contribution is 5.99. The van der Waals surface area contributed by atoms with Crippen LogP contribution in [-0.2, 0) is 6.42 Å². The maximum absolute atomic E-state index is 12.1. The Kier molecular flexibility index (Phi) is 1.99. The zero-order valence-electron chi connectivity index (χ0n) is 10.7. The number of aromatic amines is 1. The fourth-order valence-electron chi connectivity index (χ4n) is 3.07. The van der Waals surface area contributed by atoms with Gasteiger partial charge in [-0.2, -0.15) is 0 Å². The molecule has 0 amide bonds. The fraction of sp³-hybridized carbons (Fsp3) is 0.118. The van der Waals surface area contributed by atoms with Gasteiger partial charge in [-0.15, -0.1) is 0 Å². The summed E-state index contributed by atoms with van der Waals surface area (Å²) in [6.45, 7) is 2.10. The van der Waals surface area contributed by atoms with Crippen molar-refractivity contribution in [2.24, 2.45) is 0 Å². The van der Waals surface area contributed by atoms with E-state index >= 15 is 0 Å². The predicted molar refractivity (Wildman–Crippen MR) is 77.5 cm³/mol. The molecule has 0 radical (unpaired) electrons. The molecule has 0 fully saturated rings. The summed E-state index contributed by atoms with van der Waals surface area (Å²) in [5, 5.41) is 1.83. The molecule has 0 unspecified atom stereocenters. The Hall–Kier alpha value is -2.35. The summed E-state index contributed by atoms with van der Waals surface area (Å²) in [5.74, 6) is 0. The van der Waals surface area contributed by atoms with E-state index in [1.165, 1.54) is 22.3 Å². The zero-order chi connectivity index (χ0) is 13.0. The SMILES string of the molecule is Cc1ccc2c(c1)Cc1[nH]c(=O)c3ccccc3c1-2. The van der Waals surface area contributed by atoms with Gasteiger partial charge < -0.3 is 4.98 Å². The molecule has 0 bridgehead atoms. The van der Waals surface area contributed by atoms with Gasteiger partial charge in [-0.3, -0.25) is 4.79 Å². The molecule has 2 aromatic carbocycles. The van der Waals surface area contributed by atoms with E-state index in [-0.39, 0.29) is 5.56 Å². The first-order valence-corrected chi connectivity index (χ1v) is 6.48. The summed E-state index contributed by atoms with van der Waals surface area (Å²) >= 11 is 0. The van der Waals surface area contributed by atoms with Crippen LogP contribution in [0.25, 0.3) is 21.9 Å². The van der Waals surface area contributed by atoms with Crippen molar-refractivity contribution in [2.45, 2.75) is 13.3 Å². The van der Waals surface area contributed by atoms with Gasteiger partial charge in [-0.1, -0.05) is 42.0 Å². The molecule has 92 valence electrons. The maximum atomic E-state index is 12.1. The molecule has 1 N–H and O–H groups in total. The lowest BCUT2D eigenvalue weighted by atomic mass is 10.00. The topological polar surface area (TPSA) is 32.9 Å². The minimum absolute atomic E-state index is 0.0129. The van der Waals surface area contributed by atoms with Crippen LogP contribution in [0.4, 0.5) is 0 Å². The Bertz CT molecular complexity index is 874. The third-order valence-corrected chi connectivity index (χ3v) is 3.90. The van der Waals surface area contributed by atoms with Crippen LogP contribution >= 0.6 is 0 Å². The first-order valence-electron chi connectivity index (χ1n) is 6.48. The van der Waals surface area contributed by atoms with E-state index in [2.05, 4.69) is 30.1 Å². The molecule has 3 aromatic rings. The van der Waals surface area contributed by atoms with Gasteiger partial charge in [-0.25, -0.2) is 0 Å². The first kappa shape index (κ1) is 10.6. The van der Waals surface area contributed by atoms with Crippen LogP contribution in [0, 0.1) is 6.92 Å². The summed E-state index contributed by atoms with van der Waals surface area (Å²) < 4.78 is 0. The van der Waals surface area contributed by atoms with E-state index in [1.807, 2.05) is 24.3 Å². The summed E-state index contributed by atoms with van der Waals surface area (Å²) in [4.78, 5) is 15.1. The minimum Gasteiger partial charge on any atom is -0.325 e. The quantitative estimate of drug-likeness (QED) is 0.507. The third kappa shape index (κ3) is 1.40. The Labute approximate surface area is 110 Å². The molecule has 1 aromatic heterocycles. The van der Waals surface area contributed by atoms with E-state index in [4.69, 9.17) is 0 Å². The Morgan fingerprint density at radius 3 is 2.68 bits per heavy atom. The van der Waals surface area contributed by atoms with Crippen molar-refractivity contribution in [3.63, 3.8) is 0 Å². The summed E-state index contributed by atoms with van der Waals surface area (Å²) in [6.07, 6.45) is 0.826. The molecule has 1 aliphatic rings. The number of aromatic nitrogens is 1. The van der Waals surface area contributed by atoms with Gasteiger partial charge in [0.25, 0.3) is 5.56 Å². The number of hydrogen-bond donors (Lipinski definition) is 1. The highest BCUT2D eigenvalue weighted by Gasteiger charge is 2.22. The number of rotatable bonds is 0. The van der Waals surface area contributed by atoms with Gasteiger partial charge in [0.2, 0.25) is 0 Å². The van der Waals surface area contributed by atoms with Crippen molar-refractivity contribution in [3.8, 4) is 11.1 Å². The van der Waals surface area contributed by atoms with Crippen LogP contribution in [0.2, 0.25) is 0 Å². The largest absolute Gasteiger partial charge is 0.325 e. The van der Waals surface area contributed by atoms with Crippen LogP contribution in [0.3, 0.4) is 0 Å². The summed E-state index contributed by atoms with van der Waals surface area (Å²) in [6, 6.07) is 14.3. The van der Waals surface area contributed by atoms with Crippen LogP contribution in [0.5, 0.6) is 0 Å². The van der Waals surface area contributed by atoms with Crippen molar-refractivity contribution in [1.82, 2.24) is 4.98 Å². The monoisotopic (exact) mass is 247 g/mol. The second-order valence-electron chi connectivity index (χ2n) is 5.19. The number of fused-ring (bicyclic) bond motifs is 5. The number of H-pyrrole nitrogens is 1. The summed E-state index contributed by atoms with van der Waals surface area (Å²) in [7, 11) is 0. The molecule has 1 heterocycles. The lowest BCUT2D eigenvalue weighted by Crippen LogP contribution is -2.09. The molecule has 0 spiro atoms. The third-order valence-electron chi connectivity index (χ3n) is 3.90. The molecule has 2 heteroatoms. The number of hydrogen-bond acceptors (Lipinski definition) is 1. The van der Waals surface area contributed by atoms with Gasteiger partial charge in [0.1, 0.15) is 0 Å². The van der Waals surface area contributed by atoms with Gasteiger partial charge in [0.05, 0.1) is 0 Å². The maximum Gasteiger partial charge on any atom is 0.256 e. The summed E-state index contributed by atoms with van der Waals surface area (Å²) in [5.41, 5.74) is 6.08. The van der Waals surface area contributed by atoms with Gasteiger partial charge in [0, 0.05) is 23.1 Å². The second kappa shape index (κ2) is 3.58. The van der Waals surface area contributed by atoms with Crippen molar-refractivity contribution in [2.75, 3.05) is 0 Å². The highest BCUT2D eigenvalue weighted by atomic mass is 16.1. The Morgan fingerprint density at radius 1 is 1.05 bits per heavy atom. The molecule has 0 saturated heterocycles. The van der Waals surface area contributed by atoms with Crippen LogP contribution in [0.1, 0.15) is 16.8 Å². The average Bonchev–Trinajstić information content (AvgIpc) is 2.76. The number of benzene rings is 2. The molecule has 0 saturated carbocycles. The molecule has 1 aliphatic carbocycles. The van der Waals surface area contributed by atoms with Crippen molar-refractivity contribution in [3.05, 3.63) is 69.6 Å². The number of nitrogens with one attached hydrogen (secondary N) is 1. The van der Waals surface area contributed by atoms with Crippen LogP contribution in [-0.4, -0.2) is 4.98 Å². The van der Waals surface area contributed by atoms with Gasteiger partial charge >= 0.3 is 0 Å². The zero-order valence-corrected chi connectivity index (χ0v) is 10.7. The lowest BCUT2D eigenvalue weighted by Gasteiger charge is -2.06. The van der Waals surface area contributed by atoms with Crippen LogP contribution < -0.4 is 5.56 Å².